The summed E-state index contributed by atoms with van der Waals surface area (Å²) in [4.78, 5) is 12.2. The first-order valence-electron chi connectivity index (χ1n) is 8.09. The fourth-order valence-electron chi connectivity index (χ4n) is 2.53. The number of aryl methyl sites for hydroxylation is 2. The largest absolute Gasteiger partial charge is 0.325 e. The molecule has 0 saturated heterocycles. The molecule has 0 saturated carbocycles. The van der Waals surface area contributed by atoms with E-state index in [9.17, 15) is 4.79 Å². The monoisotopic (exact) mass is 430 g/mol. The van der Waals surface area contributed by atoms with Crippen LogP contribution in [-0.4, -0.2) is 26.4 Å². The van der Waals surface area contributed by atoms with Crippen LogP contribution >= 0.6 is 27.7 Å². The van der Waals surface area contributed by atoms with Crippen molar-refractivity contribution in [2.45, 2.75) is 19.0 Å². The summed E-state index contributed by atoms with van der Waals surface area (Å²) in [5.41, 5.74) is 4.05. The molecule has 0 aliphatic heterocycles. The van der Waals surface area contributed by atoms with E-state index in [1.807, 2.05) is 61.9 Å². The van der Waals surface area contributed by atoms with E-state index in [1.54, 1.807) is 0 Å². The Bertz CT molecular complexity index is 954. The standard InChI is InChI=1S/C19H19BrN4OS/c1-12-5-4-6-14(9-12)18-22-23-19(24(18)3)26-11-17(25)21-15-7-8-16(20)13(2)10-15/h4-10H,11H2,1-3H3,(H,21,25). The normalized spacial score (nSPS) is 10.8. The van der Waals surface area contributed by atoms with Crippen LogP contribution in [0.25, 0.3) is 11.4 Å². The quantitative estimate of drug-likeness (QED) is 0.601. The second-order valence-electron chi connectivity index (χ2n) is 6.04. The number of nitrogens with one attached hydrogen (secondary N) is 1. The molecule has 1 aromatic heterocycles. The number of halogens is 1. The molecular formula is C19H19BrN4OS. The van der Waals surface area contributed by atoms with Crippen LogP contribution in [0.1, 0.15) is 11.1 Å². The molecule has 1 amide bonds. The third-order valence-electron chi connectivity index (χ3n) is 3.89. The SMILES string of the molecule is Cc1cccc(-c2nnc(SCC(=O)Nc3ccc(Br)c(C)c3)n2C)c1. The van der Waals surface area contributed by atoms with Crippen LogP contribution in [0, 0.1) is 13.8 Å². The van der Waals surface area contributed by atoms with Crippen molar-refractivity contribution in [1.82, 2.24) is 14.8 Å². The molecule has 0 bridgehead atoms. The molecule has 5 nitrogen and oxygen atoms in total. The minimum atomic E-state index is -0.0724. The molecule has 0 atom stereocenters. The highest BCUT2D eigenvalue weighted by molar-refractivity contribution is 9.10. The number of benzene rings is 2. The van der Waals surface area contributed by atoms with E-state index >= 15 is 0 Å². The lowest BCUT2D eigenvalue weighted by molar-refractivity contribution is -0.113. The van der Waals surface area contributed by atoms with E-state index in [0.717, 1.165) is 27.1 Å². The Balaban J connectivity index is 1.64. The first kappa shape index (κ1) is 18.7. The highest BCUT2D eigenvalue weighted by atomic mass is 79.9. The van der Waals surface area contributed by atoms with Gasteiger partial charge in [-0.15, -0.1) is 10.2 Å². The molecule has 0 aliphatic carbocycles. The summed E-state index contributed by atoms with van der Waals surface area (Å²) in [6, 6.07) is 13.9. The molecule has 3 rings (SSSR count). The number of aromatic nitrogens is 3. The van der Waals surface area contributed by atoms with Gasteiger partial charge in [0.25, 0.3) is 0 Å². The molecule has 0 fully saturated rings. The number of hydrogen-bond acceptors (Lipinski definition) is 4. The molecular weight excluding hydrogens is 412 g/mol. The van der Waals surface area contributed by atoms with Crippen molar-refractivity contribution in [2.75, 3.05) is 11.1 Å². The Morgan fingerprint density at radius 3 is 2.73 bits per heavy atom. The van der Waals surface area contributed by atoms with Gasteiger partial charge in [0.1, 0.15) is 0 Å². The van der Waals surface area contributed by atoms with Crippen LogP contribution < -0.4 is 5.32 Å². The van der Waals surface area contributed by atoms with Crippen molar-refractivity contribution >= 4 is 39.3 Å². The lowest BCUT2D eigenvalue weighted by Gasteiger charge is -2.07. The maximum atomic E-state index is 12.2. The lowest BCUT2D eigenvalue weighted by Crippen LogP contribution is -2.14. The Kier molecular flexibility index (Phi) is 5.78. The van der Waals surface area contributed by atoms with E-state index in [1.165, 1.54) is 17.3 Å². The first-order valence-corrected chi connectivity index (χ1v) is 9.87. The zero-order chi connectivity index (χ0) is 18.7. The van der Waals surface area contributed by atoms with Gasteiger partial charge in [-0.25, -0.2) is 0 Å². The van der Waals surface area contributed by atoms with Crippen molar-refractivity contribution in [3.8, 4) is 11.4 Å². The molecule has 0 radical (unpaired) electrons. The zero-order valence-electron chi connectivity index (χ0n) is 14.8. The number of carbonyl (C=O) groups is 1. The minimum absolute atomic E-state index is 0.0724. The fourth-order valence-corrected chi connectivity index (χ4v) is 3.48. The van der Waals surface area contributed by atoms with Gasteiger partial charge in [-0.3, -0.25) is 4.79 Å². The average molecular weight is 431 g/mol. The van der Waals surface area contributed by atoms with Gasteiger partial charge in [-0.05, 0) is 43.7 Å². The maximum absolute atomic E-state index is 12.2. The molecule has 1 N–H and O–H groups in total. The summed E-state index contributed by atoms with van der Waals surface area (Å²) in [7, 11) is 1.91. The zero-order valence-corrected chi connectivity index (χ0v) is 17.2. The van der Waals surface area contributed by atoms with Crippen LogP contribution in [0.4, 0.5) is 5.69 Å². The van der Waals surface area contributed by atoms with Crippen molar-refractivity contribution in [3.63, 3.8) is 0 Å². The van der Waals surface area contributed by atoms with Crippen molar-refractivity contribution in [1.29, 1.82) is 0 Å². The van der Waals surface area contributed by atoms with Gasteiger partial charge >= 0.3 is 0 Å². The van der Waals surface area contributed by atoms with Gasteiger partial charge < -0.3 is 9.88 Å². The maximum Gasteiger partial charge on any atom is 0.234 e. The Morgan fingerprint density at radius 2 is 2.00 bits per heavy atom. The number of amides is 1. The number of carbonyl (C=O) groups excluding carboxylic acids is 1. The van der Waals surface area contributed by atoms with Crippen LogP contribution in [-0.2, 0) is 11.8 Å². The van der Waals surface area contributed by atoms with E-state index in [2.05, 4.69) is 37.5 Å². The third-order valence-corrected chi connectivity index (χ3v) is 5.80. The highest BCUT2D eigenvalue weighted by Gasteiger charge is 2.13. The molecule has 26 heavy (non-hydrogen) atoms. The Labute approximate surface area is 165 Å². The predicted molar refractivity (Wildman–Crippen MR) is 109 cm³/mol. The highest BCUT2D eigenvalue weighted by Crippen LogP contribution is 2.24. The summed E-state index contributed by atoms with van der Waals surface area (Å²) < 4.78 is 2.93. The van der Waals surface area contributed by atoms with Crippen LogP contribution in [0.2, 0.25) is 0 Å². The molecule has 7 heteroatoms. The number of thioether (sulfide) groups is 1. The summed E-state index contributed by atoms with van der Waals surface area (Å²) in [5.74, 6) is 0.992. The minimum Gasteiger partial charge on any atom is -0.325 e. The number of hydrogen-bond donors (Lipinski definition) is 1. The molecule has 0 unspecified atom stereocenters. The number of rotatable bonds is 5. The van der Waals surface area contributed by atoms with Crippen molar-refractivity contribution in [2.24, 2.45) is 7.05 Å². The van der Waals surface area contributed by atoms with E-state index in [-0.39, 0.29) is 11.7 Å². The van der Waals surface area contributed by atoms with Gasteiger partial charge in [0.05, 0.1) is 5.75 Å². The number of anilines is 1. The molecule has 3 aromatic rings. The molecule has 0 spiro atoms. The molecule has 0 aliphatic rings. The van der Waals surface area contributed by atoms with Crippen LogP contribution in [0.5, 0.6) is 0 Å². The molecule has 2 aromatic carbocycles. The lowest BCUT2D eigenvalue weighted by atomic mass is 10.1. The Morgan fingerprint density at radius 1 is 1.19 bits per heavy atom. The summed E-state index contributed by atoms with van der Waals surface area (Å²) in [6.07, 6.45) is 0. The summed E-state index contributed by atoms with van der Waals surface area (Å²) >= 11 is 4.83. The number of nitrogens with zero attached hydrogens (tertiary/aromatic N) is 3. The summed E-state index contributed by atoms with van der Waals surface area (Å²) in [6.45, 7) is 4.03. The second kappa shape index (κ2) is 8.05. The van der Waals surface area contributed by atoms with Gasteiger partial charge in [0, 0.05) is 22.8 Å². The van der Waals surface area contributed by atoms with Gasteiger partial charge in [0.15, 0.2) is 11.0 Å². The molecule has 1 heterocycles. The van der Waals surface area contributed by atoms with E-state index in [4.69, 9.17) is 0 Å². The van der Waals surface area contributed by atoms with Crippen molar-refractivity contribution < 1.29 is 4.79 Å². The smallest absolute Gasteiger partial charge is 0.234 e. The first-order chi connectivity index (χ1) is 12.4. The topological polar surface area (TPSA) is 59.8 Å². The molecule has 134 valence electrons. The predicted octanol–water partition coefficient (Wildman–Crippen LogP) is 4.59. The van der Waals surface area contributed by atoms with Gasteiger partial charge in [-0.2, -0.15) is 0 Å². The summed E-state index contributed by atoms with van der Waals surface area (Å²) in [5, 5.41) is 12.1. The van der Waals surface area contributed by atoms with E-state index < -0.39 is 0 Å². The third kappa shape index (κ3) is 4.34. The second-order valence-corrected chi connectivity index (χ2v) is 7.83. The van der Waals surface area contributed by atoms with E-state index in [0.29, 0.717) is 5.16 Å². The van der Waals surface area contributed by atoms with Gasteiger partial charge in [0.2, 0.25) is 5.91 Å². The van der Waals surface area contributed by atoms with Gasteiger partial charge in [-0.1, -0.05) is 51.5 Å². The van der Waals surface area contributed by atoms with Crippen molar-refractivity contribution in [3.05, 3.63) is 58.1 Å². The Hall–Kier alpha value is -2.12. The van der Waals surface area contributed by atoms with Crippen LogP contribution in [0.3, 0.4) is 0 Å². The van der Waals surface area contributed by atoms with Crippen LogP contribution in [0.15, 0.2) is 52.1 Å². The average Bonchev–Trinajstić information content (AvgIpc) is 2.97. The fraction of sp³-hybridized carbons (Fsp3) is 0.211.